The SMILES string of the molecule is COc1cc(C)c(C)cc1CCN(C)CC(C)N. The molecule has 0 aliphatic rings. The summed E-state index contributed by atoms with van der Waals surface area (Å²) in [7, 11) is 3.84. The molecule has 0 spiro atoms. The second-order valence-electron chi connectivity index (χ2n) is 5.24. The van der Waals surface area contributed by atoms with Crippen LogP contribution in [0, 0.1) is 13.8 Å². The normalized spacial score (nSPS) is 12.8. The first-order valence-electron chi connectivity index (χ1n) is 6.52. The van der Waals surface area contributed by atoms with Crippen molar-refractivity contribution in [1.82, 2.24) is 4.90 Å². The van der Waals surface area contributed by atoms with Gasteiger partial charge in [0.2, 0.25) is 0 Å². The first-order valence-corrected chi connectivity index (χ1v) is 6.52. The van der Waals surface area contributed by atoms with Crippen LogP contribution in [0.1, 0.15) is 23.6 Å². The number of nitrogens with zero attached hydrogens (tertiary/aromatic N) is 1. The molecule has 0 amide bonds. The van der Waals surface area contributed by atoms with Crippen molar-refractivity contribution >= 4 is 0 Å². The number of hydrogen-bond donors (Lipinski definition) is 1. The molecule has 18 heavy (non-hydrogen) atoms. The van der Waals surface area contributed by atoms with Crippen LogP contribution in [0.4, 0.5) is 0 Å². The number of likely N-dealkylation sites (N-methyl/N-ethyl adjacent to an activating group) is 1. The highest BCUT2D eigenvalue weighted by molar-refractivity contribution is 5.41. The number of rotatable bonds is 6. The zero-order valence-corrected chi connectivity index (χ0v) is 12.3. The fourth-order valence-electron chi connectivity index (χ4n) is 2.13. The van der Waals surface area contributed by atoms with Crippen molar-refractivity contribution in [3.63, 3.8) is 0 Å². The maximum absolute atomic E-state index is 5.80. The third kappa shape index (κ3) is 4.31. The second-order valence-corrected chi connectivity index (χ2v) is 5.24. The van der Waals surface area contributed by atoms with Gasteiger partial charge in [0.05, 0.1) is 7.11 Å². The average Bonchev–Trinajstić information content (AvgIpc) is 2.29. The minimum absolute atomic E-state index is 0.219. The van der Waals surface area contributed by atoms with Crippen LogP contribution in [0.5, 0.6) is 5.75 Å². The summed E-state index contributed by atoms with van der Waals surface area (Å²) in [6.45, 7) is 8.22. The molecule has 0 aromatic heterocycles. The minimum atomic E-state index is 0.219. The molecule has 0 saturated carbocycles. The number of hydrogen-bond acceptors (Lipinski definition) is 3. The molecule has 0 aliphatic heterocycles. The molecule has 1 rings (SSSR count). The predicted molar refractivity (Wildman–Crippen MR) is 77.3 cm³/mol. The van der Waals surface area contributed by atoms with Crippen molar-refractivity contribution in [2.45, 2.75) is 33.2 Å². The van der Waals surface area contributed by atoms with E-state index in [4.69, 9.17) is 10.5 Å². The Bertz CT molecular complexity index is 388. The Morgan fingerprint density at radius 1 is 1.28 bits per heavy atom. The molecule has 3 nitrogen and oxygen atoms in total. The molecule has 1 unspecified atom stereocenters. The van der Waals surface area contributed by atoms with Gasteiger partial charge in [-0.05, 0) is 57.0 Å². The molecule has 102 valence electrons. The summed E-state index contributed by atoms with van der Waals surface area (Å²) in [5.74, 6) is 0.993. The van der Waals surface area contributed by atoms with Gasteiger partial charge in [-0.2, -0.15) is 0 Å². The van der Waals surface area contributed by atoms with Crippen molar-refractivity contribution in [1.29, 1.82) is 0 Å². The first-order chi connectivity index (χ1) is 8.43. The molecule has 1 atom stereocenters. The Balaban J connectivity index is 2.69. The quantitative estimate of drug-likeness (QED) is 0.840. The molecular formula is C15H26N2O. The molecule has 1 aromatic carbocycles. The van der Waals surface area contributed by atoms with E-state index in [2.05, 4.69) is 37.9 Å². The third-order valence-corrected chi connectivity index (χ3v) is 3.26. The van der Waals surface area contributed by atoms with Gasteiger partial charge in [0.15, 0.2) is 0 Å². The Hall–Kier alpha value is -1.06. The summed E-state index contributed by atoms with van der Waals surface area (Å²) in [4.78, 5) is 2.26. The van der Waals surface area contributed by atoms with Gasteiger partial charge >= 0.3 is 0 Å². The summed E-state index contributed by atoms with van der Waals surface area (Å²) in [5.41, 5.74) is 9.67. The van der Waals surface area contributed by atoms with Gasteiger partial charge < -0.3 is 15.4 Å². The molecule has 0 aliphatic carbocycles. The van der Waals surface area contributed by atoms with Crippen molar-refractivity contribution in [3.8, 4) is 5.75 Å². The first kappa shape index (κ1) is 15.0. The lowest BCUT2D eigenvalue weighted by Crippen LogP contribution is -2.34. The molecule has 0 saturated heterocycles. The summed E-state index contributed by atoms with van der Waals surface area (Å²) >= 11 is 0. The van der Waals surface area contributed by atoms with Gasteiger partial charge in [0, 0.05) is 19.1 Å². The van der Waals surface area contributed by atoms with Crippen LogP contribution in [-0.4, -0.2) is 38.2 Å². The summed E-state index contributed by atoms with van der Waals surface area (Å²) in [6.07, 6.45) is 0.994. The maximum Gasteiger partial charge on any atom is 0.122 e. The van der Waals surface area contributed by atoms with E-state index in [1.54, 1.807) is 7.11 Å². The van der Waals surface area contributed by atoms with Gasteiger partial charge in [0.25, 0.3) is 0 Å². The van der Waals surface area contributed by atoms with Crippen LogP contribution in [0.2, 0.25) is 0 Å². The predicted octanol–water partition coefficient (Wildman–Crippen LogP) is 2.13. The van der Waals surface area contributed by atoms with Gasteiger partial charge in [-0.1, -0.05) is 6.07 Å². The average molecular weight is 250 g/mol. The van der Waals surface area contributed by atoms with Crippen LogP contribution < -0.4 is 10.5 Å². The highest BCUT2D eigenvalue weighted by Gasteiger charge is 2.08. The van der Waals surface area contributed by atoms with E-state index < -0.39 is 0 Å². The van der Waals surface area contributed by atoms with Crippen LogP contribution in [-0.2, 0) is 6.42 Å². The van der Waals surface area contributed by atoms with Crippen molar-refractivity contribution in [2.24, 2.45) is 5.73 Å². The van der Waals surface area contributed by atoms with Gasteiger partial charge in [0.1, 0.15) is 5.75 Å². The molecule has 0 fully saturated rings. The largest absolute Gasteiger partial charge is 0.496 e. The highest BCUT2D eigenvalue weighted by atomic mass is 16.5. The molecule has 0 bridgehead atoms. The molecule has 0 radical (unpaired) electrons. The van der Waals surface area contributed by atoms with E-state index in [0.717, 1.165) is 25.3 Å². The van der Waals surface area contributed by atoms with E-state index in [0.29, 0.717) is 0 Å². The zero-order chi connectivity index (χ0) is 13.7. The Morgan fingerprint density at radius 2 is 1.89 bits per heavy atom. The Labute approximate surface area is 111 Å². The summed E-state index contributed by atoms with van der Waals surface area (Å²) in [5, 5.41) is 0. The minimum Gasteiger partial charge on any atom is -0.496 e. The molecule has 3 heteroatoms. The summed E-state index contributed by atoms with van der Waals surface area (Å²) < 4.78 is 5.45. The smallest absolute Gasteiger partial charge is 0.122 e. The fraction of sp³-hybridized carbons (Fsp3) is 0.600. The van der Waals surface area contributed by atoms with Crippen LogP contribution >= 0.6 is 0 Å². The standard InChI is InChI=1S/C15H26N2O/c1-11-8-14(15(18-5)9-12(11)2)6-7-17(4)10-13(3)16/h8-9,13H,6-7,10,16H2,1-5H3. The lowest BCUT2D eigenvalue weighted by molar-refractivity contribution is 0.318. The Kier molecular flexibility index (Phi) is 5.63. The number of benzene rings is 1. The number of aryl methyl sites for hydroxylation is 2. The summed E-state index contributed by atoms with van der Waals surface area (Å²) in [6, 6.07) is 4.57. The molecular weight excluding hydrogens is 224 g/mol. The third-order valence-electron chi connectivity index (χ3n) is 3.26. The number of nitrogens with two attached hydrogens (primary N) is 1. The Morgan fingerprint density at radius 3 is 2.44 bits per heavy atom. The van der Waals surface area contributed by atoms with Crippen LogP contribution in [0.3, 0.4) is 0 Å². The zero-order valence-electron chi connectivity index (χ0n) is 12.3. The number of ether oxygens (including phenoxy) is 1. The maximum atomic E-state index is 5.80. The topological polar surface area (TPSA) is 38.5 Å². The molecule has 1 aromatic rings. The fourth-order valence-corrected chi connectivity index (χ4v) is 2.13. The van der Waals surface area contributed by atoms with E-state index >= 15 is 0 Å². The number of methoxy groups -OCH3 is 1. The van der Waals surface area contributed by atoms with E-state index in [1.807, 2.05) is 6.92 Å². The van der Waals surface area contributed by atoms with Gasteiger partial charge in [-0.25, -0.2) is 0 Å². The van der Waals surface area contributed by atoms with Crippen molar-refractivity contribution in [3.05, 3.63) is 28.8 Å². The molecule has 2 N–H and O–H groups in total. The van der Waals surface area contributed by atoms with Crippen LogP contribution in [0.25, 0.3) is 0 Å². The highest BCUT2D eigenvalue weighted by Crippen LogP contribution is 2.23. The van der Waals surface area contributed by atoms with Crippen molar-refractivity contribution < 1.29 is 4.74 Å². The second kappa shape index (κ2) is 6.76. The monoisotopic (exact) mass is 250 g/mol. The van der Waals surface area contributed by atoms with Crippen molar-refractivity contribution in [2.75, 3.05) is 27.2 Å². The lowest BCUT2D eigenvalue weighted by Gasteiger charge is -2.20. The van der Waals surface area contributed by atoms with E-state index in [1.165, 1.54) is 16.7 Å². The molecule has 0 heterocycles. The van der Waals surface area contributed by atoms with Gasteiger partial charge in [-0.15, -0.1) is 0 Å². The van der Waals surface area contributed by atoms with Crippen LogP contribution in [0.15, 0.2) is 12.1 Å². The van der Waals surface area contributed by atoms with Gasteiger partial charge in [-0.3, -0.25) is 0 Å². The van der Waals surface area contributed by atoms with E-state index in [9.17, 15) is 0 Å². The van der Waals surface area contributed by atoms with E-state index in [-0.39, 0.29) is 6.04 Å². The lowest BCUT2D eigenvalue weighted by atomic mass is 10.0.